The molecule has 166 valence electrons. The third-order valence-corrected chi connectivity index (χ3v) is 8.09. The van der Waals surface area contributed by atoms with Gasteiger partial charge in [0.25, 0.3) is 0 Å². The summed E-state index contributed by atoms with van der Waals surface area (Å²) in [6.07, 6.45) is 0.892. The van der Waals surface area contributed by atoms with Crippen molar-refractivity contribution in [3.8, 4) is 0 Å². The molecule has 0 bridgehead atoms. The monoisotopic (exact) mass is 506 g/mol. The first-order valence-corrected chi connectivity index (χ1v) is 12.8. The van der Waals surface area contributed by atoms with Crippen LogP contribution in [0.1, 0.15) is 50.7 Å². The Morgan fingerprint density at radius 2 is 1.84 bits per heavy atom. The second kappa shape index (κ2) is 9.53. The molecule has 2 aromatic rings. The number of amides is 2. The van der Waals surface area contributed by atoms with Crippen LogP contribution in [0.4, 0.5) is 11.4 Å². The zero-order valence-electron chi connectivity index (χ0n) is 17.9. The predicted octanol–water partition coefficient (Wildman–Crippen LogP) is 4.67. The Hall–Kier alpha value is -2.19. The molecule has 0 aromatic heterocycles. The number of carbonyl (C=O) groups is 2. The first-order valence-electron chi connectivity index (χ1n) is 10.4. The minimum atomic E-state index is -3.72. The number of nitrogens with zero attached hydrogens (tertiary/aromatic N) is 1. The standard InChI is InChI=1S/C23H27BrN2O4S/c1-4-23(28)26-11-9-17-13-19(24)21(14-20(17)26)31(29,30)12-10-22(27)25-18-7-5-16(6-8-18)15(2)3/h5-8,13-15H,4,9-12H2,1-3H3,(H,25,27). The van der Waals surface area contributed by atoms with E-state index < -0.39 is 9.84 Å². The van der Waals surface area contributed by atoms with Crippen molar-refractivity contribution >= 4 is 49.0 Å². The number of sulfone groups is 1. The third kappa shape index (κ3) is 5.36. The van der Waals surface area contributed by atoms with Gasteiger partial charge in [-0.1, -0.05) is 32.9 Å². The highest BCUT2D eigenvalue weighted by Crippen LogP contribution is 2.36. The fourth-order valence-electron chi connectivity index (χ4n) is 3.59. The number of anilines is 2. The first kappa shape index (κ1) is 23.5. The normalized spacial score (nSPS) is 13.4. The summed E-state index contributed by atoms with van der Waals surface area (Å²) in [4.78, 5) is 26.2. The fourth-order valence-corrected chi connectivity index (χ4v) is 6.04. The zero-order chi connectivity index (χ0) is 22.8. The van der Waals surface area contributed by atoms with Crippen molar-refractivity contribution in [1.29, 1.82) is 0 Å². The molecule has 2 aromatic carbocycles. The first-order chi connectivity index (χ1) is 14.6. The zero-order valence-corrected chi connectivity index (χ0v) is 20.3. The van der Waals surface area contributed by atoms with Crippen LogP contribution in [0.25, 0.3) is 0 Å². The maximum Gasteiger partial charge on any atom is 0.226 e. The molecule has 0 aliphatic carbocycles. The van der Waals surface area contributed by atoms with Gasteiger partial charge in [0, 0.05) is 35.2 Å². The minimum absolute atomic E-state index is 0.0349. The van der Waals surface area contributed by atoms with E-state index in [0.717, 1.165) is 11.1 Å². The van der Waals surface area contributed by atoms with Crippen LogP contribution in [-0.4, -0.2) is 32.5 Å². The Bertz CT molecular complexity index is 1100. The van der Waals surface area contributed by atoms with Gasteiger partial charge in [-0.05, 0) is 63.7 Å². The molecule has 8 heteroatoms. The molecule has 0 unspecified atom stereocenters. The van der Waals surface area contributed by atoms with Crippen LogP contribution in [-0.2, 0) is 25.8 Å². The summed E-state index contributed by atoms with van der Waals surface area (Å²) in [7, 11) is -3.72. The second-order valence-corrected chi connectivity index (χ2v) is 10.9. The smallest absolute Gasteiger partial charge is 0.226 e. The van der Waals surface area contributed by atoms with Gasteiger partial charge in [-0.2, -0.15) is 0 Å². The van der Waals surface area contributed by atoms with Gasteiger partial charge in [0.15, 0.2) is 9.84 Å². The highest BCUT2D eigenvalue weighted by atomic mass is 79.9. The number of hydrogen-bond acceptors (Lipinski definition) is 4. The quantitative estimate of drug-likeness (QED) is 0.590. The molecule has 1 aliphatic rings. The van der Waals surface area contributed by atoms with E-state index in [1.165, 1.54) is 0 Å². The maximum absolute atomic E-state index is 13.0. The van der Waals surface area contributed by atoms with Crippen LogP contribution < -0.4 is 10.2 Å². The lowest BCUT2D eigenvalue weighted by molar-refractivity contribution is -0.118. The summed E-state index contributed by atoms with van der Waals surface area (Å²) in [6, 6.07) is 10.8. The fraction of sp³-hybridized carbons (Fsp3) is 0.391. The molecule has 1 N–H and O–H groups in total. The van der Waals surface area contributed by atoms with Crippen molar-refractivity contribution < 1.29 is 18.0 Å². The van der Waals surface area contributed by atoms with E-state index in [4.69, 9.17) is 0 Å². The van der Waals surface area contributed by atoms with Gasteiger partial charge in [0.05, 0.1) is 10.6 Å². The average Bonchev–Trinajstić information content (AvgIpc) is 3.14. The number of nitrogens with one attached hydrogen (secondary N) is 1. The van der Waals surface area contributed by atoms with E-state index in [0.29, 0.717) is 41.2 Å². The summed E-state index contributed by atoms with van der Waals surface area (Å²) in [6.45, 7) is 6.52. The van der Waals surface area contributed by atoms with Crippen LogP contribution in [0, 0.1) is 0 Å². The topological polar surface area (TPSA) is 83.6 Å². The van der Waals surface area contributed by atoms with Crippen molar-refractivity contribution in [2.45, 2.75) is 50.8 Å². The van der Waals surface area contributed by atoms with E-state index in [1.54, 1.807) is 24.0 Å². The van der Waals surface area contributed by atoms with Crippen molar-refractivity contribution in [2.24, 2.45) is 0 Å². The summed E-state index contributed by atoms with van der Waals surface area (Å²) in [5, 5.41) is 2.75. The third-order valence-electron chi connectivity index (χ3n) is 5.43. The summed E-state index contributed by atoms with van der Waals surface area (Å²) < 4.78 is 26.4. The lowest BCUT2D eigenvalue weighted by Gasteiger charge is -2.18. The largest absolute Gasteiger partial charge is 0.326 e. The van der Waals surface area contributed by atoms with E-state index in [9.17, 15) is 18.0 Å². The summed E-state index contributed by atoms with van der Waals surface area (Å²) in [5.41, 5.74) is 3.38. The molecule has 1 heterocycles. The molecule has 3 rings (SSSR count). The highest BCUT2D eigenvalue weighted by molar-refractivity contribution is 9.10. The SMILES string of the molecule is CCC(=O)N1CCc2cc(Br)c(S(=O)(=O)CCC(=O)Nc3ccc(C(C)C)cc3)cc21. The second-order valence-electron chi connectivity index (χ2n) is 7.95. The molecule has 2 amide bonds. The Morgan fingerprint density at radius 3 is 2.45 bits per heavy atom. The van der Waals surface area contributed by atoms with Gasteiger partial charge >= 0.3 is 0 Å². The lowest BCUT2D eigenvalue weighted by atomic mass is 10.0. The Balaban J connectivity index is 1.71. The van der Waals surface area contributed by atoms with Gasteiger partial charge in [-0.15, -0.1) is 0 Å². The Labute approximate surface area is 192 Å². The van der Waals surface area contributed by atoms with Crippen LogP contribution in [0.15, 0.2) is 45.8 Å². The number of hydrogen-bond donors (Lipinski definition) is 1. The Kier molecular flexibility index (Phi) is 7.21. The molecule has 6 nitrogen and oxygen atoms in total. The Morgan fingerprint density at radius 1 is 1.16 bits per heavy atom. The number of rotatable bonds is 7. The van der Waals surface area contributed by atoms with Crippen LogP contribution >= 0.6 is 15.9 Å². The highest BCUT2D eigenvalue weighted by Gasteiger charge is 2.28. The van der Waals surface area contributed by atoms with Crippen molar-refractivity contribution in [2.75, 3.05) is 22.5 Å². The number of fused-ring (bicyclic) bond motifs is 1. The van der Waals surface area contributed by atoms with Gasteiger partial charge in [-0.25, -0.2) is 8.42 Å². The van der Waals surface area contributed by atoms with Crippen molar-refractivity contribution in [3.05, 3.63) is 52.0 Å². The molecule has 0 fully saturated rings. The molecular formula is C23H27BrN2O4S. The number of carbonyl (C=O) groups excluding carboxylic acids is 2. The maximum atomic E-state index is 13.0. The van der Waals surface area contributed by atoms with Crippen LogP contribution in [0.2, 0.25) is 0 Å². The molecule has 31 heavy (non-hydrogen) atoms. The van der Waals surface area contributed by atoms with E-state index >= 15 is 0 Å². The van der Waals surface area contributed by atoms with Crippen molar-refractivity contribution in [3.63, 3.8) is 0 Å². The van der Waals surface area contributed by atoms with Crippen molar-refractivity contribution in [1.82, 2.24) is 0 Å². The molecule has 0 saturated heterocycles. The molecule has 0 saturated carbocycles. The number of benzene rings is 2. The van der Waals surface area contributed by atoms with Gasteiger partial charge in [0.1, 0.15) is 0 Å². The van der Waals surface area contributed by atoms with Crippen LogP contribution in [0.3, 0.4) is 0 Å². The molecular weight excluding hydrogens is 480 g/mol. The summed E-state index contributed by atoms with van der Waals surface area (Å²) in [5.74, 6) is -0.320. The van der Waals surface area contributed by atoms with Gasteiger partial charge in [-0.3, -0.25) is 9.59 Å². The predicted molar refractivity (Wildman–Crippen MR) is 126 cm³/mol. The molecule has 0 radical (unpaired) electrons. The molecule has 1 aliphatic heterocycles. The lowest BCUT2D eigenvalue weighted by Crippen LogP contribution is -2.28. The minimum Gasteiger partial charge on any atom is -0.326 e. The summed E-state index contributed by atoms with van der Waals surface area (Å²) >= 11 is 3.36. The average molecular weight is 507 g/mol. The molecule has 0 atom stereocenters. The van der Waals surface area contributed by atoms with E-state index in [1.807, 2.05) is 24.3 Å². The van der Waals surface area contributed by atoms with Crippen LogP contribution in [0.5, 0.6) is 0 Å². The molecule has 0 spiro atoms. The van der Waals surface area contributed by atoms with E-state index in [2.05, 4.69) is 35.1 Å². The van der Waals surface area contributed by atoms with Gasteiger partial charge < -0.3 is 10.2 Å². The van der Waals surface area contributed by atoms with E-state index in [-0.39, 0.29) is 28.9 Å². The number of halogens is 1. The van der Waals surface area contributed by atoms with Gasteiger partial charge in [0.2, 0.25) is 11.8 Å².